The highest BCUT2D eigenvalue weighted by Crippen LogP contribution is 2.68. The summed E-state index contributed by atoms with van der Waals surface area (Å²) >= 11 is 0. The van der Waals surface area contributed by atoms with E-state index in [1.165, 1.54) is 18.5 Å². The number of sulfonamides is 1. The van der Waals surface area contributed by atoms with Gasteiger partial charge in [0, 0.05) is 53.4 Å². The Kier molecular flexibility index (Phi) is 9.60. The number of alkyl halides is 4. The van der Waals surface area contributed by atoms with Crippen molar-refractivity contribution < 1.29 is 44.7 Å². The van der Waals surface area contributed by atoms with Gasteiger partial charge in [0.25, 0.3) is 12.3 Å². The van der Waals surface area contributed by atoms with Crippen molar-refractivity contribution in [3.05, 3.63) is 93.6 Å². The minimum absolute atomic E-state index is 0.0432. The number of hydrogen-bond donors (Lipinski definition) is 2. The predicted molar refractivity (Wildman–Crippen MR) is 195 cm³/mol. The molecule has 3 atom stereocenters. The van der Waals surface area contributed by atoms with Crippen LogP contribution in [0.2, 0.25) is 0 Å². The van der Waals surface area contributed by atoms with Crippen LogP contribution in [0.4, 0.5) is 32.2 Å². The minimum atomic E-state index is -3.76. The van der Waals surface area contributed by atoms with Crippen LogP contribution in [-0.2, 0) is 40.8 Å². The average molecular weight is 799 g/mol. The number of Topliss-reactive ketones (excluding diaryl/α,β-unsaturated/α-hetero) is 1. The van der Waals surface area contributed by atoms with Gasteiger partial charge in [-0.3, -0.25) is 18.9 Å². The molecule has 10 nitrogen and oxygen atoms in total. The first-order valence-electron chi connectivity index (χ1n) is 17.6. The number of aliphatic hydroxyl groups is 1. The zero-order valence-electron chi connectivity index (χ0n) is 30.8. The average Bonchev–Trinajstić information content (AvgIpc) is 3.62. The van der Waals surface area contributed by atoms with Gasteiger partial charge in [0.05, 0.1) is 17.5 Å². The lowest BCUT2D eigenvalue weighted by atomic mass is 9.86. The summed E-state index contributed by atoms with van der Waals surface area (Å²) in [5, 5.41) is 19.0. The van der Waals surface area contributed by atoms with E-state index in [1.54, 1.807) is 38.2 Å². The maximum atomic E-state index is 15.4. The number of aryl methyl sites for hydroxylation is 2. The third kappa shape index (κ3) is 7.51. The van der Waals surface area contributed by atoms with Crippen molar-refractivity contribution in [2.75, 3.05) is 11.0 Å². The summed E-state index contributed by atoms with van der Waals surface area (Å²) in [4.78, 5) is 18.8. The Bertz CT molecular complexity index is 2580. The summed E-state index contributed by atoms with van der Waals surface area (Å²) in [6.45, 7) is 3.89. The Balaban J connectivity index is 1.39. The van der Waals surface area contributed by atoms with E-state index < -0.39 is 87.5 Å². The Morgan fingerprint density at radius 3 is 2.39 bits per heavy atom. The Morgan fingerprint density at radius 1 is 1.07 bits per heavy atom. The molecule has 294 valence electrons. The molecule has 2 aromatic carbocycles. The standard InChI is InChI=1S/C39H36F6N6O4S/c1-19-6-8-27(34-30(19)37(48-50(34)4)49-56(5,54)55)26-9-7-24(10-11-38(2,3)53)46-32(26)21(12-20-13-22(40)16-23(41)14-20)15-25(52)18-51-35-31(33(47-51)36(42)43)28-17-29(28)39(35,44)45/h6-9,13-14,16,21,28-29,36,53H,12,15,17-18H2,1-5H3,(H,48,49)/t21-,28+,29-/m1/s1. The molecule has 56 heavy (non-hydrogen) atoms. The molecule has 0 radical (unpaired) electrons. The normalized spacial score (nSPS) is 17.7. The molecule has 0 saturated heterocycles. The van der Waals surface area contributed by atoms with Gasteiger partial charge in [-0.25, -0.2) is 31.0 Å². The van der Waals surface area contributed by atoms with E-state index >= 15 is 8.78 Å². The number of aromatic nitrogens is 5. The second kappa shape index (κ2) is 13.8. The molecule has 0 spiro atoms. The SMILES string of the molecule is Cc1ccc(-c2ccc(C#CC(C)(C)O)nc2[C@@H](CC(=O)Cn2nc(C(F)F)c3c2C(F)(F)[C@@H]2C[C@H]32)Cc2cc(F)cc(F)c2)c2c1c(NS(C)(=O)=O)nn2C. The fraction of sp³-hybridized carbons (Fsp3) is 0.385. The largest absolute Gasteiger partial charge is 0.378 e. The van der Waals surface area contributed by atoms with E-state index in [9.17, 15) is 35.9 Å². The molecule has 0 aliphatic heterocycles. The molecule has 7 rings (SSSR count). The third-order valence-electron chi connectivity index (χ3n) is 9.95. The number of anilines is 1. The van der Waals surface area contributed by atoms with Crippen molar-refractivity contribution in [1.82, 2.24) is 24.5 Å². The molecule has 5 aromatic rings. The topological polar surface area (TPSA) is 132 Å². The summed E-state index contributed by atoms with van der Waals surface area (Å²) in [6.07, 6.45) is -2.80. The molecule has 0 bridgehead atoms. The number of carbonyl (C=O) groups excluding carboxylic acids is 1. The second-order valence-corrected chi connectivity index (χ2v) is 16.8. The fourth-order valence-electron chi connectivity index (χ4n) is 7.70. The van der Waals surface area contributed by atoms with Crippen molar-refractivity contribution in [1.29, 1.82) is 0 Å². The smallest absolute Gasteiger partial charge is 0.293 e. The number of pyridine rings is 1. The predicted octanol–water partition coefficient (Wildman–Crippen LogP) is 7.04. The van der Waals surface area contributed by atoms with Gasteiger partial charge in [0.2, 0.25) is 10.0 Å². The van der Waals surface area contributed by atoms with E-state index in [2.05, 4.69) is 26.8 Å². The van der Waals surface area contributed by atoms with Crippen molar-refractivity contribution >= 4 is 32.5 Å². The highest BCUT2D eigenvalue weighted by molar-refractivity contribution is 7.92. The number of carbonyl (C=O) groups is 1. The molecule has 2 aliphatic carbocycles. The van der Waals surface area contributed by atoms with Crippen molar-refractivity contribution in [3.8, 4) is 23.0 Å². The molecule has 2 aliphatic rings. The quantitative estimate of drug-likeness (QED) is 0.108. The Hall–Kier alpha value is -5.21. The molecule has 0 unspecified atom stereocenters. The summed E-state index contributed by atoms with van der Waals surface area (Å²) in [5.41, 5.74) is -0.699. The van der Waals surface area contributed by atoms with Gasteiger partial charge in [0.15, 0.2) is 11.6 Å². The van der Waals surface area contributed by atoms with Gasteiger partial charge >= 0.3 is 0 Å². The molecular formula is C39H36F6N6O4S. The first kappa shape index (κ1) is 39.0. The number of halogens is 6. The highest BCUT2D eigenvalue weighted by atomic mass is 32.2. The second-order valence-electron chi connectivity index (χ2n) is 15.0. The molecule has 1 saturated carbocycles. The van der Waals surface area contributed by atoms with Gasteiger partial charge in [-0.2, -0.15) is 19.0 Å². The first-order valence-corrected chi connectivity index (χ1v) is 19.4. The summed E-state index contributed by atoms with van der Waals surface area (Å²) in [5.74, 6) is -3.37. The van der Waals surface area contributed by atoms with Gasteiger partial charge in [0.1, 0.15) is 40.9 Å². The van der Waals surface area contributed by atoms with Crippen LogP contribution < -0.4 is 4.72 Å². The van der Waals surface area contributed by atoms with Crippen LogP contribution in [0.1, 0.15) is 84.4 Å². The molecule has 17 heteroatoms. The molecular weight excluding hydrogens is 763 g/mol. The summed E-state index contributed by atoms with van der Waals surface area (Å²) in [7, 11) is -2.16. The molecule has 2 N–H and O–H groups in total. The summed E-state index contributed by atoms with van der Waals surface area (Å²) in [6, 6.07) is 9.50. The van der Waals surface area contributed by atoms with Crippen LogP contribution in [0.15, 0.2) is 42.5 Å². The van der Waals surface area contributed by atoms with E-state index in [1.807, 2.05) is 0 Å². The number of benzene rings is 2. The number of rotatable bonds is 11. The zero-order chi connectivity index (χ0) is 40.6. The zero-order valence-corrected chi connectivity index (χ0v) is 31.6. The number of nitrogens with zero attached hydrogens (tertiary/aromatic N) is 5. The van der Waals surface area contributed by atoms with Crippen LogP contribution in [0, 0.1) is 36.3 Å². The lowest BCUT2D eigenvalue weighted by molar-refractivity contribution is -0.120. The van der Waals surface area contributed by atoms with E-state index in [4.69, 9.17) is 4.98 Å². The Labute approximate surface area is 318 Å². The third-order valence-corrected chi connectivity index (χ3v) is 10.5. The number of ketones is 1. The van der Waals surface area contributed by atoms with Crippen LogP contribution in [0.25, 0.3) is 22.0 Å². The molecule has 3 heterocycles. The van der Waals surface area contributed by atoms with Crippen LogP contribution >= 0.6 is 0 Å². The van der Waals surface area contributed by atoms with Gasteiger partial charge < -0.3 is 5.11 Å². The molecule has 1 fully saturated rings. The fourth-order valence-corrected chi connectivity index (χ4v) is 8.20. The molecule has 0 amide bonds. The van der Waals surface area contributed by atoms with Gasteiger partial charge in [-0.05, 0) is 80.8 Å². The lowest BCUT2D eigenvalue weighted by Gasteiger charge is -2.22. The van der Waals surface area contributed by atoms with Crippen molar-refractivity contribution in [2.45, 2.75) is 76.4 Å². The van der Waals surface area contributed by atoms with E-state index in [0.29, 0.717) is 38.3 Å². The Morgan fingerprint density at radius 2 is 1.75 bits per heavy atom. The van der Waals surface area contributed by atoms with Crippen LogP contribution in [0.5, 0.6) is 0 Å². The number of fused-ring (bicyclic) bond motifs is 4. The van der Waals surface area contributed by atoms with Crippen molar-refractivity contribution in [3.63, 3.8) is 0 Å². The van der Waals surface area contributed by atoms with Gasteiger partial charge in [-0.15, -0.1) is 0 Å². The maximum absolute atomic E-state index is 15.4. The summed E-state index contributed by atoms with van der Waals surface area (Å²) < 4.78 is 117. The van der Waals surface area contributed by atoms with Crippen LogP contribution in [-0.4, -0.2) is 55.7 Å². The number of nitrogens with one attached hydrogen (secondary N) is 1. The van der Waals surface area contributed by atoms with Crippen molar-refractivity contribution in [2.24, 2.45) is 13.0 Å². The minimum Gasteiger partial charge on any atom is -0.378 e. The number of hydrogen-bond acceptors (Lipinski definition) is 7. The maximum Gasteiger partial charge on any atom is 0.293 e. The van der Waals surface area contributed by atoms with E-state index in [0.717, 1.165) is 18.4 Å². The van der Waals surface area contributed by atoms with Gasteiger partial charge in [-0.1, -0.05) is 18.1 Å². The van der Waals surface area contributed by atoms with E-state index in [-0.39, 0.29) is 41.2 Å². The highest BCUT2D eigenvalue weighted by Gasteiger charge is 2.67. The monoisotopic (exact) mass is 798 g/mol. The first-order chi connectivity index (χ1) is 26.1. The van der Waals surface area contributed by atoms with Crippen LogP contribution in [0.3, 0.4) is 0 Å². The molecule has 3 aromatic heterocycles. The lowest BCUT2D eigenvalue weighted by Crippen LogP contribution is -2.24.